The van der Waals surface area contributed by atoms with Crippen LogP contribution in [0.5, 0.6) is 0 Å². The van der Waals surface area contributed by atoms with Gasteiger partial charge in [-0.25, -0.2) is 13.2 Å². The third-order valence-electron chi connectivity index (χ3n) is 4.88. The van der Waals surface area contributed by atoms with Gasteiger partial charge in [-0.05, 0) is 23.8 Å². The Balaban J connectivity index is 1.76. The normalized spacial score (nSPS) is 12.0. The molecule has 0 saturated heterocycles. The number of nitrogens with one attached hydrogen (secondary N) is 4. The second kappa shape index (κ2) is 15.9. The van der Waals surface area contributed by atoms with Crippen LogP contribution in [0.2, 0.25) is 0 Å². The van der Waals surface area contributed by atoms with Gasteiger partial charge < -0.3 is 31.1 Å². The molecule has 13 nitrogen and oxygen atoms in total. The maximum absolute atomic E-state index is 12.6. The van der Waals surface area contributed by atoms with Gasteiger partial charge in [-0.3, -0.25) is 19.2 Å². The number of benzene rings is 2. The highest BCUT2D eigenvalue weighted by molar-refractivity contribution is 7.96. The first kappa shape index (κ1) is 31.8. The molecule has 1 atom stereocenters. The zero-order valence-electron chi connectivity index (χ0n) is 21.0. The Morgan fingerprint density at radius 1 is 0.825 bits per heavy atom. The van der Waals surface area contributed by atoms with Gasteiger partial charge in [0.05, 0.1) is 30.4 Å². The van der Waals surface area contributed by atoms with Crippen LogP contribution < -0.4 is 21.3 Å². The molecule has 0 bridgehead atoms. The third-order valence-corrected chi connectivity index (χ3v) is 7.16. The molecule has 0 fully saturated rings. The number of carboxylic acids is 1. The summed E-state index contributed by atoms with van der Waals surface area (Å²) >= 11 is 5.94. The fraction of sp³-hybridized carbons (Fsp3) is 0.240. The number of rotatable bonds is 14. The number of hydrogen-bond donors (Lipinski definition) is 5. The lowest BCUT2D eigenvalue weighted by atomic mass is 10.2. The van der Waals surface area contributed by atoms with Crippen molar-refractivity contribution in [3.05, 3.63) is 76.7 Å². The maximum Gasteiger partial charge on any atom is 0.407 e. The van der Waals surface area contributed by atoms with Gasteiger partial charge in [-0.1, -0.05) is 60.1 Å². The Morgan fingerprint density at radius 3 is 1.93 bits per heavy atom. The number of amides is 4. The molecule has 0 aliphatic rings. The molecule has 0 radical (unpaired) electrons. The number of carboxylic acid groups (broad SMARTS) is 1. The number of aliphatic carboxylic acids is 1. The monoisotopic (exact) mass is 594 g/mol. The molecule has 0 spiro atoms. The zero-order chi connectivity index (χ0) is 29.5. The predicted octanol–water partition coefficient (Wildman–Crippen LogP) is 0.659. The highest BCUT2D eigenvalue weighted by Crippen LogP contribution is 2.22. The van der Waals surface area contributed by atoms with E-state index in [2.05, 4.69) is 21.3 Å². The van der Waals surface area contributed by atoms with Gasteiger partial charge in [0.2, 0.25) is 27.6 Å². The molecular weight excluding hydrogens is 568 g/mol. The molecule has 40 heavy (non-hydrogen) atoms. The minimum atomic E-state index is -4.14. The molecule has 2 rings (SSSR count). The molecule has 15 heteroatoms. The summed E-state index contributed by atoms with van der Waals surface area (Å²) in [6.45, 7) is -1.58. The SMILES string of the molecule is O=C(O)CC(/C=C(\Cl)S(=O)(=O)c1ccccc1)NC(=O)CNC(=O)CNC(=O)CNC(=O)OCc1ccccc1. The van der Waals surface area contributed by atoms with Crippen molar-refractivity contribution in [3.8, 4) is 0 Å². The van der Waals surface area contributed by atoms with Crippen molar-refractivity contribution in [2.75, 3.05) is 19.6 Å². The van der Waals surface area contributed by atoms with E-state index in [1.54, 1.807) is 30.3 Å². The molecular formula is C25H27ClN4O9S. The Bertz CT molecular complexity index is 1340. The number of halogens is 1. The van der Waals surface area contributed by atoms with E-state index in [0.717, 1.165) is 11.6 Å². The lowest BCUT2D eigenvalue weighted by Crippen LogP contribution is -2.46. The molecule has 2 aromatic carbocycles. The second-order valence-electron chi connectivity index (χ2n) is 8.03. The average molecular weight is 595 g/mol. The Kier molecular flexibility index (Phi) is 12.6. The van der Waals surface area contributed by atoms with E-state index >= 15 is 0 Å². The van der Waals surface area contributed by atoms with E-state index in [9.17, 15) is 32.4 Å². The van der Waals surface area contributed by atoms with Gasteiger partial charge in [0.15, 0.2) is 0 Å². The average Bonchev–Trinajstić information content (AvgIpc) is 2.93. The smallest absolute Gasteiger partial charge is 0.407 e. The van der Waals surface area contributed by atoms with Crippen molar-refractivity contribution in [1.29, 1.82) is 0 Å². The molecule has 0 aliphatic carbocycles. The number of ether oxygens (including phenoxy) is 1. The molecule has 1 unspecified atom stereocenters. The van der Waals surface area contributed by atoms with Gasteiger partial charge in [0, 0.05) is 0 Å². The van der Waals surface area contributed by atoms with E-state index in [-0.39, 0.29) is 11.5 Å². The predicted molar refractivity (Wildman–Crippen MR) is 142 cm³/mol. The quantitative estimate of drug-likeness (QED) is 0.208. The first-order valence-corrected chi connectivity index (χ1v) is 13.5. The van der Waals surface area contributed by atoms with Crippen LogP contribution in [0.1, 0.15) is 12.0 Å². The van der Waals surface area contributed by atoms with E-state index in [4.69, 9.17) is 21.4 Å². The largest absolute Gasteiger partial charge is 0.481 e. The van der Waals surface area contributed by atoms with Crippen LogP contribution in [0.15, 0.2) is 76.0 Å². The summed E-state index contributed by atoms with van der Waals surface area (Å²) in [7, 11) is -4.14. The highest BCUT2D eigenvalue weighted by Gasteiger charge is 2.22. The molecule has 0 saturated carbocycles. The Morgan fingerprint density at radius 2 is 1.35 bits per heavy atom. The number of sulfone groups is 1. The summed E-state index contributed by atoms with van der Waals surface area (Å²) in [6.07, 6.45) is -0.630. The van der Waals surface area contributed by atoms with E-state index < -0.39 is 76.1 Å². The summed E-state index contributed by atoms with van der Waals surface area (Å²) < 4.78 is 29.4. The minimum Gasteiger partial charge on any atom is -0.481 e. The van der Waals surface area contributed by atoms with Crippen LogP contribution >= 0.6 is 11.6 Å². The van der Waals surface area contributed by atoms with Gasteiger partial charge in [0.1, 0.15) is 17.5 Å². The lowest BCUT2D eigenvalue weighted by Gasteiger charge is -2.15. The van der Waals surface area contributed by atoms with Crippen molar-refractivity contribution >= 4 is 51.2 Å². The molecule has 214 valence electrons. The van der Waals surface area contributed by atoms with Gasteiger partial charge in [0.25, 0.3) is 0 Å². The summed E-state index contributed by atoms with van der Waals surface area (Å²) in [4.78, 5) is 58.8. The Hall–Kier alpha value is -4.43. The van der Waals surface area contributed by atoms with Crippen LogP contribution in [-0.4, -0.2) is 69.0 Å². The van der Waals surface area contributed by atoms with Crippen LogP contribution in [0.3, 0.4) is 0 Å². The number of alkyl carbamates (subject to hydrolysis) is 1. The van der Waals surface area contributed by atoms with Gasteiger partial charge in [-0.2, -0.15) is 0 Å². The van der Waals surface area contributed by atoms with E-state index in [0.29, 0.717) is 0 Å². The zero-order valence-corrected chi connectivity index (χ0v) is 22.5. The van der Waals surface area contributed by atoms with Crippen LogP contribution in [0, 0.1) is 0 Å². The minimum absolute atomic E-state index is 0.0108. The van der Waals surface area contributed by atoms with Crippen LogP contribution in [0.4, 0.5) is 4.79 Å². The lowest BCUT2D eigenvalue weighted by molar-refractivity contribution is -0.137. The fourth-order valence-electron chi connectivity index (χ4n) is 2.97. The number of hydrogen-bond acceptors (Lipinski definition) is 8. The molecule has 0 aliphatic heterocycles. The van der Waals surface area contributed by atoms with Crippen LogP contribution in [-0.2, 0) is 40.4 Å². The van der Waals surface area contributed by atoms with Crippen molar-refractivity contribution in [2.45, 2.75) is 24.0 Å². The van der Waals surface area contributed by atoms with E-state index in [1.807, 2.05) is 6.07 Å². The molecule has 0 aromatic heterocycles. The second-order valence-corrected chi connectivity index (χ2v) is 10.6. The number of carbonyl (C=O) groups excluding carboxylic acids is 4. The number of carbonyl (C=O) groups is 5. The summed E-state index contributed by atoms with van der Waals surface area (Å²) in [5, 5.41) is 18.1. The molecule has 0 heterocycles. The highest BCUT2D eigenvalue weighted by atomic mass is 35.5. The van der Waals surface area contributed by atoms with Crippen molar-refractivity contribution in [1.82, 2.24) is 21.3 Å². The molecule has 4 amide bonds. The van der Waals surface area contributed by atoms with Crippen molar-refractivity contribution in [2.24, 2.45) is 0 Å². The first-order chi connectivity index (χ1) is 19.0. The fourth-order valence-corrected chi connectivity index (χ4v) is 4.47. The summed E-state index contributed by atoms with van der Waals surface area (Å²) in [5.74, 6) is -3.64. The van der Waals surface area contributed by atoms with Gasteiger partial charge >= 0.3 is 12.1 Å². The van der Waals surface area contributed by atoms with Crippen LogP contribution in [0.25, 0.3) is 0 Å². The third kappa shape index (κ3) is 11.5. The summed E-state index contributed by atoms with van der Waals surface area (Å²) in [5.41, 5.74) is 0.758. The standard InChI is InChI=1S/C25H27ClN4O9S/c26-20(40(37,38)19-9-5-2-6-10-19)11-18(12-24(34)35)30-23(33)15-28-21(31)13-27-22(32)14-29-25(36)39-16-17-7-3-1-4-8-17/h1-11,18H,12-16H2,(H,27,32)(H,28,31)(H,29,36)(H,30,33)(H,34,35)/b20-11+. The molecule has 2 aromatic rings. The van der Waals surface area contributed by atoms with Gasteiger partial charge in [-0.15, -0.1) is 0 Å². The Labute approximate surface area is 234 Å². The van der Waals surface area contributed by atoms with E-state index in [1.165, 1.54) is 24.3 Å². The molecule has 5 N–H and O–H groups in total. The van der Waals surface area contributed by atoms with Crippen molar-refractivity contribution < 1.29 is 42.2 Å². The van der Waals surface area contributed by atoms with Crippen molar-refractivity contribution in [3.63, 3.8) is 0 Å². The topological polar surface area (TPSA) is 197 Å². The summed E-state index contributed by atoms with van der Waals surface area (Å²) in [6, 6.07) is 14.7. The first-order valence-electron chi connectivity index (χ1n) is 11.6. The maximum atomic E-state index is 12.6.